The Morgan fingerprint density at radius 1 is 0.950 bits per heavy atom. The van der Waals surface area contributed by atoms with Crippen molar-refractivity contribution in [3.63, 3.8) is 0 Å². The lowest BCUT2D eigenvalue weighted by molar-refractivity contribution is -0.148. The van der Waals surface area contributed by atoms with Crippen molar-refractivity contribution >= 4 is 11.9 Å². The van der Waals surface area contributed by atoms with Gasteiger partial charge in [-0.25, -0.2) is 0 Å². The normalized spacial score (nSPS) is 36.8. The molecule has 1 amide bonds. The molecular weight excluding hydrogens is 254 g/mol. The standard InChI is InChI=1S/C16H23NO3/c18-15(17-12-5-3-1-2-4-6-12)13-10-7-8-11(9-10)14(13)16(19)20/h7-8,10-14H,1-6,9H2,(H,17,18)(H,19,20)/t10-,11+,13+,14+/m1/s1. The topological polar surface area (TPSA) is 66.4 Å². The summed E-state index contributed by atoms with van der Waals surface area (Å²) in [5, 5.41) is 12.5. The van der Waals surface area contributed by atoms with Crippen molar-refractivity contribution in [2.45, 2.75) is 51.0 Å². The number of nitrogens with one attached hydrogen (secondary N) is 1. The van der Waals surface area contributed by atoms with E-state index in [0.717, 1.165) is 19.3 Å². The van der Waals surface area contributed by atoms with Crippen LogP contribution in [0.25, 0.3) is 0 Å². The highest BCUT2D eigenvalue weighted by atomic mass is 16.4. The van der Waals surface area contributed by atoms with E-state index in [2.05, 4.69) is 5.32 Å². The van der Waals surface area contributed by atoms with Gasteiger partial charge in [0.05, 0.1) is 11.8 Å². The second kappa shape index (κ2) is 5.58. The highest BCUT2D eigenvalue weighted by Crippen LogP contribution is 2.48. The molecule has 3 rings (SSSR count). The first-order valence-corrected chi connectivity index (χ1v) is 7.88. The Labute approximate surface area is 119 Å². The number of rotatable bonds is 3. The fourth-order valence-corrected chi connectivity index (χ4v) is 4.24. The van der Waals surface area contributed by atoms with Crippen LogP contribution in [0.1, 0.15) is 44.9 Å². The predicted molar refractivity (Wildman–Crippen MR) is 75.0 cm³/mol. The number of carboxylic acids is 1. The molecule has 2 bridgehead atoms. The maximum atomic E-state index is 12.5. The Hall–Kier alpha value is -1.32. The van der Waals surface area contributed by atoms with Gasteiger partial charge < -0.3 is 10.4 Å². The highest BCUT2D eigenvalue weighted by molar-refractivity contribution is 5.87. The van der Waals surface area contributed by atoms with Gasteiger partial charge in [0.2, 0.25) is 5.91 Å². The largest absolute Gasteiger partial charge is 0.481 e. The van der Waals surface area contributed by atoms with E-state index in [9.17, 15) is 14.7 Å². The molecule has 0 aromatic rings. The number of carbonyl (C=O) groups is 2. The summed E-state index contributed by atoms with van der Waals surface area (Å²) in [7, 11) is 0. The summed E-state index contributed by atoms with van der Waals surface area (Å²) in [4.78, 5) is 24.0. The van der Waals surface area contributed by atoms with Gasteiger partial charge in [-0.1, -0.05) is 37.8 Å². The third-order valence-corrected chi connectivity index (χ3v) is 5.25. The Balaban J connectivity index is 1.66. The van der Waals surface area contributed by atoms with Gasteiger partial charge in [0, 0.05) is 6.04 Å². The minimum Gasteiger partial charge on any atom is -0.481 e. The third kappa shape index (κ3) is 2.48. The average Bonchev–Trinajstić information content (AvgIpc) is 2.93. The van der Waals surface area contributed by atoms with Crippen LogP contribution in [-0.2, 0) is 9.59 Å². The average molecular weight is 277 g/mol. The van der Waals surface area contributed by atoms with Crippen LogP contribution in [0.4, 0.5) is 0 Å². The van der Waals surface area contributed by atoms with Crippen molar-refractivity contribution in [1.29, 1.82) is 0 Å². The summed E-state index contributed by atoms with van der Waals surface area (Å²) in [6.45, 7) is 0. The summed E-state index contributed by atoms with van der Waals surface area (Å²) >= 11 is 0. The lowest BCUT2D eigenvalue weighted by Crippen LogP contribution is -2.44. The Morgan fingerprint density at radius 3 is 2.15 bits per heavy atom. The third-order valence-electron chi connectivity index (χ3n) is 5.25. The molecule has 0 aliphatic heterocycles. The molecule has 0 aromatic heterocycles. The zero-order valence-corrected chi connectivity index (χ0v) is 11.8. The first kappa shape index (κ1) is 13.7. The van der Waals surface area contributed by atoms with Crippen LogP contribution in [0.15, 0.2) is 12.2 Å². The second-order valence-electron chi connectivity index (χ2n) is 6.54. The van der Waals surface area contributed by atoms with Crippen molar-refractivity contribution in [2.75, 3.05) is 0 Å². The predicted octanol–water partition coefficient (Wildman–Crippen LogP) is 2.35. The fraction of sp³-hybridized carbons (Fsp3) is 0.750. The number of carbonyl (C=O) groups excluding carboxylic acids is 1. The minimum absolute atomic E-state index is 0.0267. The molecule has 20 heavy (non-hydrogen) atoms. The van der Waals surface area contributed by atoms with Gasteiger partial charge in [-0.3, -0.25) is 9.59 Å². The number of amides is 1. The molecule has 3 aliphatic carbocycles. The number of fused-ring (bicyclic) bond motifs is 2. The maximum absolute atomic E-state index is 12.5. The molecule has 0 aromatic carbocycles. The van der Waals surface area contributed by atoms with Crippen molar-refractivity contribution in [2.24, 2.45) is 23.7 Å². The van der Waals surface area contributed by atoms with Crippen molar-refractivity contribution in [1.82, 2.24) is 5.32 Å². The molecule has 2 saturated carbocycles. The maximum Gasteiger partial charge on any atom is 0.307 e. The van der Waals surface area contributed by atoms with E-state index in [1.165, 1.54) is 25.7 Å². The molecule has 4 nitrogen and oxygen atoms in total. The van der Waals surface area contributed by atoms with Gasteiger partial charge in [0.15, 0.2) is 0 Å². The summed E-state index contributed by atoms with van der Waals surface area (Å²) in [5.41, 5.74) is 0. The SMILES string of the molecule is O=C(NC1CCCCCC1)[C@@H]1[C@@H](C(=O)O)[C@H]2C=C[C@@H]1C2. The zero-order valence-electron chi connectivity index (χ0n) is 11.8. The van der Waals surface area contributed by atoms with Gasteiger partial charge >= 0.3 is 5.97 Å². The summed E-state index contributed by atoms with van der Waals surface area (Å²) in [6, 6.07) is 0.252. The van der Waals surface area contributed by atoms with E-state index in [0.29, 0.717) is 0 Å². The van der Waals surface area contributed by atoms with E-state index in [1.54, 1.807) is 0 Å². The molecule has 2 N–H and O–H groups in total. The summed E-state index contributed by atoms with van der Waals surface area (Å²) in [5.74, 6) is -1.53. The van der Waals surface area contributed by atoms with E-state index in [1.807, 2.05) is 12.2 Å². The van der Waals surface area contributed by atoms with Crippen molar-refractivity contribution < 1.29 is 14.7 Å². The molecule has 0 spiro atoms. The highest BCUT2D eigenvalue weighted by Gasteiger charge is 2.51. The molecule has 3 aliphatic rings. The molecule has 4 atom stereocenters. The van der Waals surface area contributed by atoms with Crippen molar-refractivity contribution in [3.05, 3.63) is 12.2 Å². The molecule has 0 saturated heterocycles. The summed E-state index contributed by atoms with van der Waals surface area (Å²) < 4.78 is 0. The smallest absolute Gasteiger partial charge is 0.307 e. The minimum atomic E-state index is -0.817. The van der Waals surface area contributed by atoms with Gasteiger partial charge in [-0.15, -0.1) is 0 Å². The van der Waals surface area contributed by atoms with Crippen LogP contribution in [0.5, 0.6) is 0 Å². The van der Waals surface area contributed by atoms with Crippen LogP contribution in [-0.4, -0.2) is 23.0 Å². The molecule has 2 fully saturated rings. The van der Waals surface area contributed by atoms with Gasteiger partial charge in [0.1, 0.15) is 0 Å². The lowest BCUT2D eigenvalue weighted by atomic mass is 9.82. The van der Waals surface area contributed by atoms with E-state index in [4.69, 9.17) is 0 Å². The summed E-state index contributed by atoms with van der Waals surface area (Å²) in [6.07, 6.45) is 11.8. The molecule has 0 radical (unpaired) electrons. The monoisotopic (exact) mass is 277 g/mol. The van der Waals surface area contributed by atoms with Crippen LogP contribution < -0.4 is 5.32 Å². The van der Waals surface area contributed by atoms with Crippen LogP contribution in [0, 0.1) is 23.7 Å². The van der Waals surface area contributed by atoms with Gasteiger partial charge in [-0.05, 0) is 31.1 Å². The molecule has 0 heterocycles. The number of aliphatic carboxylic acids is 1. The van der Waals surface area contributed by atoms with E-state index >= 15 is 0 Å². The van der Waals surface area contributed by atoms with E-state index in [-0.39, 0.29) is 29.7 Å². The second-order valence-corrected chi connectivity index (χ2v) is 6.54. The van der Waals surface area contributed by atoms with Crippen LogP contribution >= 0.6 is 0 Å². The molecule has 110 valence electrons. The van der Waals surface area contributed by atoms with Gasteiger partial charge in [0.25, 0.3) is 0 Å². The molecule has 0 unspecified atom stereocenters. The van der Waals surface area contributed by atoms with E-state index < -0.39 is 11.9 Å². The quantitative estimate of drug-likeness (QED) is 0.614. The number of carboxylic acid groups (broad SMARTS) is 1. The zero-order chi connectivity index (χ0) is 14.1. The number of allylic oxidation sites excluding steroid dienone is 2. The fourth-order valence-electron chi connectivity index (χ4n) is 4.24. The Kier molecular flexibility index (Phi) is 3.81. The Bertz CT molecular complexity index is 423. The van der Waals surface area contributed by atoms with Crippen molar-refractivity contribution in [3.8, 4) is 0 Å². The molecular formula is C16H23NO3. The number of hydrogen-bond acceptors (Lipinski definition) is 2. The Morgan fingerprint density at radius 2 is 1.55 bits per heavy atom. The number of hydrogen-bond donors (Lipinski definition) is 2. The lowest BCUT2D eigenvalue weighted by Gasteiger charge is -2.26. The first-order chi connectivity index (χ1) is 9.66. The first-order valence-electron chi connectivity index (χ1n) is 7.88. The van der Waals surface area contributed by atoms with Crippen LogP contribution in [0.2, 0.25) is 0 Å². The van der Waals surface area contributed by atoms with Crippen LogP contribution in [0.3, 0.4) is 0 Å². The molecule has 4 heteroatoms. The van der Waals surface area contributed by atoms with Gasteiger partial charge in [-0.2, -0.15) is 0 Å².